The molecule has 1 amide bonds. The van der Waals surface area contributed by atoms with Crippen LogP contribution in [0, 0.1) is 6.92 Å². The van der Waals surface area contributed by atoms with Gasteiger partial charge in [-0.3, -0.25) is 9.36 Å². The van der Waals surface area contributed by atoms with Crippen molar-refractivity contribution in [2.45, 2.75) is 39.8 Å². The van der Waals surface area contributed by atoms with Gasteiger partial charge in [0.2, 0.25) is 0 Å². The minimum absolute atomic E-state index is 0.268. The molecule has 2 heterocycles. The molecule has 0 aliphatic carbocycles. The van der Waals surface area contributed by atoms with Gasteiger partial charge in [-0.15, -0.1) is 0 Å². The molecule has 0 atom stereocenters. The summed E-state index contributed by atoms with van der Waals surface area (Å²) < 4.78 is 7.03. The van der Waals surface area contributed by atoms with Gasteiger partial charge in [-0.2, -0.15) is 0 Å². The van der Waals surface area contributed by atoms with Crippen LogP contribution in [0.25, 0.3) is 16.9 Å². The topological polar surface area (TPSA) is 102 Å². The molecule has 0 saturated heterocycles. The molecule has 26 heavy (non-hydrogen) atoms. The van der Waals surface area contributed by atoms with Crippen LogP contribution in [-0.4, -0.2) is 31.2 Å². The van der Waals surface area contributed by atoms with Crippen LogP contribution in [0.15, 0.2) is 35.4 Å². The molecule has 1 aromatic carbocycles. The van der Waals surface area contributed by atoms with Gasteiger partial charge in [0, 0.05) is 12.2 Å². The van der Waals surface area contributed by atoms with E-state index in [4.69, 9.17) is 4.74 Å². The molecule has 8 heteroatoms. The van der Waals surface area contributed by atoms with Crippen LogP contribution in [0.4, 0.5) is 4.79 Å². The molecule has 0 bridgehead atoms. The lowest BCUT2D eigenvalue weighted by molar-refractivity contribution is 0.0523. The highest BCUT2D eigenvalue weighted by Crippen LogP contribution is 2.18. The van der Waals surface area contributed by atoms with Crippen molar-refractivity contribution in [2.24, 2.45) is 0 Å². The number of aromatic nitrogens is 4. The van der Waals surface area contributed by atoms with Gasteiger partial charge in [0.1, 0.15) is 11.4 Å². The fraction of sp³-hybridized carbons (Fsp3) is 0.333. The average Bonchev–Trinajstić information content (AvgIpc) is 2.89. The van der Waals surface area contributed by atoms with Crippen molar-refractivity contribution in [1.82, 2.24) is 24.8 Å². The number of hydrogen-bond acceptors (Lipinski definition) is 5. The van der Waals surface area contributed by atoms with Crippen molar-refractivity contribution in [1.29, 1.82) is 0 Å². The first-order valence-corrected chi connectivity index (χ1v) is 8.23. The molecule has 0 fully saturated rings. The fourth-order valence-corrected chi connectivity index (χ4v) is 2.57. The maximum absolute atomic E-state index is 11.9. The second-order valence-corrected chi connectivity index (χ2v) is 6.92. The van der Waals surface area contributed by atoms with Crippen molar-refractivity contribution in [3.05, 3.63) is 52.3 Å². The van der Waals surface area contributed by atoms with E-state index in [0.717, 1.165) is 11.3 Å². The van der Waals surface area contributed by atoms with Crippen LogP contribution in [0.3, 0.4) is 0 Å². The van der Waals surface area contributed by atoms with Gasteiger partial charge in [0.25, 0.3) is 5.56 Å². The quantitative estimate of drug-likeness (QED) is 0.751. The Morgan fingerprint density at radius 3 is 2.62 bits per heavy atom. The number of hydrogen-bond donors (Lipinski definition) is 2. The van der Waals surface area contributed by atoms with E-state index in [9.17, 15) is 9.59 Å². The number of alkyl carbamates (subject to hydrolysis) is 1. The summed E-state index contributed by atoms with van der Waals surface area (Å²) in [7, 11) is 0. The highest BCUT2D eigenvalue weighted by atomic mass is 16.6. The highest BCUT2D eigenvalue weighted by molar-refractivity contribution is 5.72. The van der Waals surface area contributed by atoms with Crippen molar-refractivity contribution in [2.75, 3.05) is 0 Å². The summed E-state index contributed by atoms with van der Waals surface area (Å²) in [6.45, 7) is 7.63. The number of nitrogens with zero attached hydrogens (tertiary/aromatic N) is 3. The Labute approximate surface area is 150 Å². The first kappa shape index (κ1) is 17.7. The standard InChI is InChI=1S/C18H21N5O3/c1-11-22-14-15(20-10-21-16(14)24)23(11)13-7-5-12(6-8-13)9-19-17(25)26-18(2,3)4/h5-8,10H,9H2,1-4H3,(H,19,25)(H,20,21,24). The van der Waals surface area contributed by atoms with Gasteiger partial charge in [-0.25, -0.2) is 14.8 Å². The third-order valence-corrected chi connectivity index (χ3v) is 3.65. The molecule has 0 radical (unpaired) electrons. The zero-order valence-corrected chi connectivity index (χ0v) is 15.2. The number of ether oxygens (including phenoxy) is 1. The van der Waals surface area contributed by atoms with Crippen LogP contribution in [-0.2, 0) is 11.3 Å². The van der Waals surface area contributed by atoms with Crippen LogP contribution in [0.5, 0.6) is 0 Å². The predicted molar refractivity (Wildman–Crippen MR) is 97.3 cm³/mol. The third-order valence-electron chi connectivity index (χ3n) is 3.65. The van der Waals surface area contributed by atoms with Gasteiger partial charge < -0.3 is 15.0 Å². The lowest BCUT2D eigenvalue weighted by Crippen LogP contribution is -2.32. The molecule has 0 spiro atoms. The van der Waals surface area contributed by atoms with Crippen LogP contribution < -0.4 is 10.9 Å². The molecule has 2 aromatic heterocycles. The van der Waals surface area contributed by atoms with E-state index in [-0.39, 0.29) is 5.56 Å². The minimum atomic E-state index is -0.529. The van der Waals surface area contributed by atoms with E-state index in [1.54, 1.807) is 0 Å². The first-order valence-electron chi connectivity index (χ1n) is 8.23. The molecule has 0 aliphatic heterocycles. The summed E-state index contributed by atoms with van der Waals surface area (Å²) >= 11 is 0. The smallest absolute Gasteiger partial charge is 0.407 e. The number of fused-ring (bicyclic) bond motifs is 1. The van der Waals surface area contributed by atoms with E-state index < -0.39 is 11.7 Å². The SMILES string of the molecule is Cc1nc2c(=O)[nH]cnc2n1-c1ccc(CNC(=O)OC(C)(C)C)cc1. The van der Waals surface area contributed by atoms with Gasteiger partial charge in [0.05, 0.1) is 6.33 Å². The number of amides is 1. The fourth-order valence-electron chi connectivity index (χ4n) is 2.57. The molecule has 2 N–H and O–H groups in total. The number of benzene rings is 1. The summed E-state index contributed by atoms with van der Waals surface area (Å²) in [6, 6.07) is 7.57. The first-order chi connectivity index (χ1) is 12.2. The second kappa shape index (κ2) is 6.62. The van der Waals surface area contributed by atoms with Crippen LogP contribution in [0.1, 0.15) is 32.2 Å². The lowest BCUT2D eigenvalue weighted by Gasteiger charge is -2.19. The zero-order chi connectivity index (χ0) is 18.9. The van der Waals surface area contributed by atoms with Gasteiger partial charge >= 0.3 is 6.09 Å². The third kappa shape index (κ3) is 3.74. The minimum Gasteiger partial charge on any atom is -0.444 e. The van der Waals surface area contributed by atoms with Crippen LogP contribution >= 0.6 is 0 Å². The summed E-state index contributed by atoms with van der Waals surface area (Å²) in [5.41, 5.74) is 1.77. The summed E-state index contributed by atoms with van der Waals surface area (Å²) in [5.74, 6) is 0.670. The van der Waals surface area contributed by atoms with Gasteiger partial charge in [-0.05, 0) is 45.4 Å². The summed E-state index contributed by atoms with van der Waals surface area (Å²) in [5, 5.41) is 2.72. The predicted octanol–water partition coefficient (Wildman–Crippen LogP) is 2.44. The van der Waals surface area contributed by atoms with Crippen LogP contribution in [0.2, 0.25) is 0 Å². The Morgan fingerprint density at radius 1 is 1.27 bits per heavy atom. The number of carbonyl (C=O) groups is 1. The number of carbonyl (C=O) groups excluding carboxylic acids is 1. The van der Waals surface area contributed by atoms with E-state index in [1.165, 1.54) is 6.33 Å². The molecular weight excluding hydrogens is 334 g/mol. The van der Waals surface area contributed by atoms with E-state index in [0.29, 0.717) is 23.5 Å². The highest BCUT2D eigenvalue weighted by Gasteiger charge is 2.16. The van der Waals surface area contributed by atoms with Gasteiger partial charge in [0.15, 0.2) is 11.2 Å². The second-order valence-electron chi connectivity index (χ2n) is 6.92. The largest absolute Gasteiger partial charge is 0.444 e. The molecule has 136 valence electrons. The van der Waals surface area contributed by atoms with E-state index in [2.05, 4.69) is 20.3 Å². The van der Waals surface area contributed by atoms with E-state index >= 15 is 0 Å². The van der Waals surface area contributed by atoms with Crippen molar-refractivity contribution in [3.63, 3.8) is 0 Å². The Hall–Kier alpha value is -3.16. The average molecular weight is 355 g/mol. The van der Waals surface area contributed by atoms with E-state index in [1.807, 2.05) is 56.5 Å². The molecule has 0 unspecified atom stereocenters. The number of imidazole rings is 1. The lowest BCUT2D eigenvalue weighted by atomic mass is 10.2. The van der Waals surface area contributed by atoms with Crippen molar-refractivity contribution < 1.29 is 9.53 Å². The number of rotatable bonds is 3. The summed E-state index contributed by atoms with van der Waals surface area (Å²) in [6.07, 6.45) is 0.906. The molecule has 8 nitrogen and oxygen atoms in total. The Bertz CT molecular complexity index is 996. The normalized spacial score (nSPS) is 11.5. The van der Waals surface area contributed by atoms with Gasteiger partial charge in [-0.1, -0.05) is 12.1 Å². The maximum atomic E-state index is 11.9. The maximum Gasteiger partial charge on any atom is 0.407 e. The Balaban J connectivity index is 1.79. The monoisotopic (exact) mass is 355 g/mol. The molecule has 3 rings (SSSR count). The van der Waals surface area contributed by atoms with Crippen molar-refractivity contribution in [3.8, 4) is 5.69 Å². The number of aryl methyl sites for hydroxylation is 1. The Kier molecular flexibility index (Phi) is 4.50. The molecular formula is C18H21N5O3. The summed E-state index contributed by atoms with van der Waals surface area (Å²) in [4.78, 5) is 34.6. The Morgan fingerprint density at radius 2 is 1.96 bits per heavy atom. The number of H-pyrrole nitrogens is 1. The van der Waals surface area contributed by atoms with Crippen molar-refractivity contribution >= 4 is 17.3 Å². The molecule has 3 aromatic rings. The number of aromatic amines is 1. The molecule has 0 aliphatic rings. The molecule has 0 saturated carbocycles. The zero-order valence-electron chi connectivity index (χ0n) is 15.2. The number of nitrogens with one attached hydrogen (secondary N) is 2.